The van der Waals surface area contributed by atoms with E-state index in [-0.39, 0.29) is 5.91 Å². The molecule has 0 saturated carbocycles. The first-order valence-corrected chi connectivity index (χ1v) is 7.51. The van der Waals surface area contributed by atoms with Crippen LogP contribution in [0.5, 0.6) is 5.75 Å². The Kier molecular flexibility index (Phi) is 6.02. The highest BCUT2D eigenvalue weighted by atomic mass is 16.5. The van der Waals surface area contributed by atoms with Gasteiger partial charge in [0, 0.05) is 24.8 Å². The Morgan fingerprint density at radius 3 is 3.10 bits per heavy atom. The van der Waals surface area contributed by atoms with Gasteiger partial charge < -0.3 is 20.1 Å². The molecule has 1 heterocycles. The molecule has 0 bridgehead atoms. The van der Waals surface area contributed by atoms with E-state index in [1.807, 2.05) is 24.3 Å². The van der Waals surface area contributed by atoms with E-state index in [1.165, 1.54) is 0 Å². The third-order valence-electron chi connectivity index (χ3n) is 3.29. The summed E-state index contributed by atoms with van der Waals surface area (Å²) >= 11 is 0. The van der Waals surface area contributed by atoms with Gasteiger partial charge in [-0.2, -0.15) is 0 Å². The molecule has 5 nitrogen and oxygen atoms in total. The van der Waals surface area contributed by atoms with Crippen LogP contribution in [0.25, 0.3) is 0 Å². The Morgan fingerprint density at radius 2 is 2.38 bits per heavy atom. The summed E-state index contributed by atoms with van der Waals surface area (Å²) in [5.74, 6) is 1.27. The molecule has 0 aliphatic carbocycles. The summed E-state index contributed by atoms with van der Waals surface area (Å²) in [5.41, 5.74) is 0.733. The van der Waals surface area contributed by atoms with E-state index in [9.17, 15) is 4.79 Å². The molecule has 1 amide bonds. The van der Waals surface area contributed by atoms with Crippen molar-refractivity contribution in [3.63, 3.8) is 0 Å². The van der Waals surface area contributed by atoms with Crippen LogP contribution in [0, 0.1) is 5.92 Å². The second-order valence-corrected chi connectivity index (χ2v) is 5.61. The van der Waals surface area contributed by atoms with Crippen LogP contribution < -0.4 is 15.4 Å². The van der Waals surface area contributed by atoms with Gasteiger partial charge in [-0.15, -0.1) is 0 Å². The zero-order valence-corrected chi connectivity index (χ0v) is 12.7. The van der Waals surface area contributed by atoms with Crippen LogP contribution in [0.4, 0.5) is 5.69 Å². The number of benzene rings is 1. The lowest BCUT2D eigenvalue weighted by atomic mass is 10.1. The number of carbonyl (C=O) groups excluding carboxylic acids is 1. The number of carbonyl (C=O) groups is 1. The van der Waals surface area contributed by atoms with E-state index >= 15 is 0 Å². The van der Waals surface area contributed by atoms with Crippen molar-refractivity contribution in [2.24, 2.45) is 5.92 Å². The van der Waals surface area contributed by atoms with Crippen molar-refractivity contribution in [2.45, 2.75) is 26.4 Å². The monoisotopic (exact) mass is 292 g/mol. The highest BCUT2D eigenvalue weighted by Crippen LogP contribution is 2.18. The summed E-state index contributed by atoms with van der Waals surface area (Å²) in [6.07, 6.45) is 0.585. The van der Waals surface area contributed by atoms with Crippen molar-refractivity contribution in [1.82, 2.24) is 5.32 Å². The molecule has 5 heteroatoms. The van der Waals surface area contributed by atoms with Crippen molar-refractivity contribution in [3.8, 4) is 5.75 Å². The fraction of sp³-hybridized carbons (Fsp3) is 0.562. The van der Waals surface area contributed by atoms with Crippen LogP contribution in [-0.4, -0.2) is 38.3 Å². The molecular formula is C16H24N2O3. The molecule has 1 aromatic carbocycles. The lowest BCUT2D eigenvalue weighted by Gasteiger charge is -2.22. The molecule has 1 unspecified atom stereocenters. The van der Waals surface area contributed by atoms with E-state index in [0.29, 0.717) is 25.7 Å². The minimum Gasteiger partial charge on any atom is -0.494 e. The van der Waals surface area contributed by atoms with Crippen molar-refractivity contribution in [3.05, 3.63) is 24.3 Å². The molecular weight excluding hydrogens is 268 g/mol. The highest BCUT2D eigenvalue weighted by molar-refractivity contribution is 5.94. The molecule has 1 saturated heterocycles. The van der Waals surface area contributed by atoms with E-state index in [0.717, 1.165) is 24.4 Å². The van der Waals surface area contributed by atoms with Gasteiger partial charge in [0.25, 0.3) is 5.91 Å². The van der Waals surface area contributed by atoms with Gasteiger partial charge in [-0.05, 0) is 24.5 Å². The number of amides is 1. The maximum atomic E-state index is 12.1. The Balaban J connectivity index is 1.86. The SMILES string of the molecule is CC(C)CCOc1cccc(NC(=O)C2CNCCO2)c1. The van der Waals surface area contributed by atoms with Gasteiger partial charge in [0.1, 0.15) is 11.9 Å². The zero-order chi connectivity index (χ0) is 15.1. The number of nitrogens with one attached hydrogen (secondary N) is 2. The van der Waals surface area contributed by atoms with E-state index in [1.54, 1.807) is 0 Å². The van der Waals surface area contributed by atoms with Crippen molar-refractivity contribution < 1.29 is 14.3 Å². The highest BCUT2D eigenvalue weighted by Gasteiger charge is 2.21. The second-order valence-electron chi connectivity index (χ2n) is 5.61. The van der Waals surface area contributed by atoms with Crippen LogP contribution in [0.1, 0.15) is 20.3 Å². The summed E-state index contributed by atoms with van der Waals surface area (Å²) in [4.78, 5) is 12.1. The molecule has 1 fully saturated rings. The summed E-state index contributed by atoms with van der Waals surface area (Å²) < 4.78 is 11.1. The predicted octanol–water partition coefficient (Wildman–Crippen LogP) is 2.04. The topological polar surface area (TPSA) is 59.6 Å². The molecule has 2 N–H and O–H groups in total. The molecule has 116 valence electrons. The number of hydrogen-bond donors (Lipinski definition) is 2. The van der Waals surface area contributed by atoms with Crippen LogP contribution >= 0.6 is 0 Å². The third kappa shape index (κ3) is 5.36. The molecule has 0 spiro atoms. The van der Waals surface area contributed by atoms with Crippen LogP contribution in [0.15, 0.2) is 24.3 Å². The number of hydrogen-bond acceptors (Lipinski definition) is 4. The fourth-order valence-electron chi connectivity index (χ4n) is 2.03. The minimum absolute atomic E-state index is 0.124. The number of morpholine rings is 1. The second kappa shape index (κ2) is 8.00. The van der Waals surface area contributed by atoms with Gasteiger partial charge in [-0.25, -0.2) is 0 Å². The first-order chi connectivity index (χ1) is 10.1. The molecule has 1 aliphatic rings. The van der Waals surface area contributed by atoms with Gasteiger partial charge in [0.2, 0.25) is 0 Å². The Morgan fingerprint density at radius 1 is 1.52 bits per heavy atom. The zero-order valence-electron chi connectivity index (χ0n) is 12.7. The van der Waals surface area contributed by atoms with Gasteiger partial charge in [-0.3, -0.25) is 4.79 Å². The first kappa shape index (κ1) is 15.8. The van der Waals surface area contributed by atoms with Crippen LogP contribution in [0.3, 0.4) is 0 Å². The summed E-state index contributed by atoms with van der Waals surface area (Å²) in [5, 5.41) is 6.01. The first-order valence-electron chi connectivity index (χ1n) is 7.51. The molecule has 1 atom stereocenters. The lowest BCUT2D eigenvalue weighted by Crippen LogP contribution is -2.45. The third-order valence-corrected chi connectivity index (χ3v) is 3.29. The van der Waals surface area contributed by atoms with Gasteiger partial charge in [-0.1, -0.05) is 19.9 Å². The summed E-state index contributed by atoms with van der Waals surface area (Å²) in [6, 6.07) is 7.47. The average Bonchev–Trinajstić information content (AvgIpc) is 2.48. The molecule has 2 rings (SSSR count). The number of ether oxygens (including phenoxy) is 2. The van der Waals surface area contributed by atoms with Crippen molar-refractivity contribution in [2.75, 3.05) is 31.6 Å². The Labute approximate surface area is 126 Å². The normalized spacial score (nSPS) is 18.5. The average molecular weight is 292 g/mol. The van der Waals surface area contributed by atoms with Gasteiger partial charge >= 0.3 is 0 Å². The summed E-state index contributed by atoms with van der Waals surface area (Å²) in [7, 11) is 0. The lowest BCUT2D eigenvalue weighted by molar-refractivity contribution is -0.128. The molecule has 0 aromatic heterocycles. The molecule has 0 radical (unpaired) electrons. The minimum atomic E-state index is -0.427. The fourth-order valence-corrected chi connectivity index (χ4v) is 2.03. The molecule has 21 heavy (non-hydrogen) atoms. The standard InChI is InChI=1S/C16H24N2O3/c1-12(2)6-8-20-14-5-3-4-13(10-14)18-16(19)15-11-17-7-9-21-15/h3-5,10,12,15,17H,6-9,11H2,1-2H3,(H,18,19). The number of rotatable bonds is 6. The smallest absolute Gasteiger partial charge is 0.254 e. The predicted molar refractivity (Wildman–Crippen MR) is 82.6 cm³/mol. The summed E-state index contributed by atoms with van der Waals surface area (Å²) in [6.45, 7) is 6.93. The molecule has 1 aromatic rings. The van der Waals surface area contributed by atoms with Crippen LogP contribution in [0.2, 0.25) is 0 Å². The maximum absolute atomic E-state index is 12.1. The van der Waals surface area contributed by atoms with E-state index in [2.05, 4.69) is 24.5 Å². The quantitative estimate of drug-likeness (QED) is 0.842. The van der Waals surface area contributed by atoms with Gasteiger partial charge in [0.15, 0.2) is 0 Å². The van der Waals surface area contributed by atoms with Crippen LogP contribution in [-0.2, 0) is 9.53 Å². The largest absolute Gasteiger partial charge is 0.494 e. The number of anilines is 1. The van der Waals surface area contributed by atoms with Crippen molar-refractivity contribution in [1.29, 1.82) is 0 Å². The van der Waals surface area contributed by atoms with E-state index in [4.69, 9.17) is 9.47 Å². The molecule has 1 aliphatic heterocycles. The maximum Gasteiger partial charge on any atom is 0.254 e. The Bertz CT molecular complexity index is 457. The van der Waals surface area contributed by atoms with E-state index < -0.39 is 6.10 Å². The Hall–Kier alpha value is -1.59. The van der Waals surface area contributed by atoms with Gasteiger partial charge in [0.05, 0.1) is 13.2 Å². The van der Waals surface area contributed by atoms with Crippen molar-refractivity contribution >= 4 is 11.6 Å².